The van der Waals surface area contributed by atoms with Crippen molar-refractivity contribution in [3.63, 3.8) is 0 Å². The van der Waals surface area contributed by atoms with E-state index in [9.17, 15) is 4.79 Å². The van der Waals surface area contributed by atoms with Gasteiger partial charge in [0.05, 0.1) is 20.3 Å². The molecule has 4 aromatic rings. The second-order valence-electron chi connectivity index (χ2n) is 7.68. The second kappa shape index (κ2) is 10.9. The molecule has 0 spiro atoms. The molecule has 0 saturated carbocycles. The SMILES string of the molecule is COc1ccc(COc2cccc(Cn3ccc(OCCc4cccs4)cc3=O)c2C)cc1. The largest absolute Gasteiger partial charge is 0.497 e. The van der Waals surface area contributed by atoms with E-state index in [1.165, 1.54) is 4.88 Å². The zero-order valence-electron chi connectivity index (χ0n) is 18.8. The number of nitrogens with zero attached hydrogens (tertiary/aromatic N) is 1. The van der Waals surface area contributed by atoms with E-state index < -0.39 is 0 Å². The molecule has 2 aromatic heterocycles. The van der Waals surface area contributed by atoms with Crippen LogP contribution in [0.3, 0.4) is 0 Å². The van der Waals surface area contributed by atoms with Crippen molar-refractivity contribution < 1.29 is 14.2 Å². The smallest absolute Gasteiger partial charge is 0.254 e. The first-order chi connectivity index (χ1) is 16.1. The predicted molar refractivity (Wildman–Crippen MR) is 132 cm³/mol. The number of hydrogen-bond donors (Lipinski definition) is 0. The Morgan fingerprint density at radius 3 is 2.52 bits per heavy atom. The van der Waals surface area contributed by atoms with Gasteiger partial charge in [0.2, 0.25) is 0 Å². The Hall–Kier alpha value is -3.51. The van der Waals surface area contributed by atoms with Crippen molar-refractivity contribution in [1.82, 2.24) is 4.57 Å². The standard InChI is InChI=1S/C27H27NO4S/c1-20-22(5-3-7-26(20)32-19-21-8-10-23(30-2)11-9-21)18-28-14-12-24(17-27(28)29)31-15-13-25-6-4-16-33-25/h3-12,14,16-17H,13,15,18-19H2,1-2H3. The first-order valence-electron chi connectivity index (χ1n) is 10.8. The Balaban J connectivity index is 1.38. The molecular formula is C27H27NO4S. The van der Waals surface area contributed by atoms with Gasteiger partial charge in [-0.2, -0.15) is 0 Å². The monoisotopic (exact) mass is 461 g/mol. The van der Waals surface area contributed by atoms with E-state index in [2.05, 4.69) is 11.4 Å². The number of benzene rings is 2. The van der Waals surface area contributed by atoms with Crippen molar-refractivity contribution >= 4 is 11.3 Å². The number of rotatable bonds is 10. The summed E-state index contributed by atoms with van der Waals surface area (Å²) in [5, 5.41) is 2.05. The zero-order chi connectivity index (χ0) is 23.0. The average molecular weight is 462 g/mol. The summed E-state index contributed by atoms with van der Waals surface area (Å²) in [6.07, 6.45) is 2.62. The van der Waals surface area contributed by atoms with E-state index in [1.54, 1.807) is 35.3 Å². The summed E-state index contributed by atoms with van der Waals surface area (Å²) in [7, 11) is 1.65. The first-order valence-corrected chi connectivity index (χ1v) is 11.7. The third-order valence-electron chi connectivity index (χ3n) is 5.46. The lowest BCUT2D eigenvalue weighted by Gasteiger charge is -2.14. The van der Waals surface area contributed by atoms with Crippen LogP contribution in [0.5, 0.6) is 17.2 Å². The van der Waals surface area contributed by atoms with Crippen LogP contribution in [-0.2, 0) is 19.6 Å². The van der Waals surface area contributed by atoms with E-state index in [1.807, 2.05) is 61.5 Å². The predicted octanol–water partition coefficient (Wildman–Crippen LogP) is 5.48. The van der Waals surface area contributed by atoms with Crippen LogP contribution >= 0.6 is 11.3 Å². The Morgan fingerprint density at radius 2 is 1.79 bits per heavy atom. The summed E-state index contributed by atoms with van der Waals surface area (Å²) in [4.78, 5) is 13.9. The maximum Gasteiger partial charge on any atom is 0.254 e. The average Bonchev–Trinajstić information content (AvgIpc) is 3.35. The molecular weight excluding hydrogens is 434 g/mol. The number of ether oxygens (including phenoxy) is 3. The van der Waals surface area contributed by atoms with Crippen LogP contribution in [0.1, 0.15) is 21.6 Å². The highest BCUT2D eigenvalue weighted by atomic mass is 32.1. The van der Waals surface area contributed by atoms with Gasteiger partial charge < -0.3 is 18.8 Å². The van der Waals surface area contributed by atoms with Crippen LogP contribution < -0.4 is 19.8 Å². The molecule has 170 valence electrons. The Kier molecular flexibility index (Phi) is 7.47. The second-order valence-corrected chi connectivity index (χ2v) is 8.72. The molecule has 0 atom stereocenters. The quantitative estimate of drug-likeness (QED) is 0.314. The fourth-order valence-electron chi connectivity index (χ4n) is 3.49. The lowest BCUT2D eigenvalue weighted by Crippen LogP contribution is -2.20. The van der Waals surface area contributed by atoms with Gasteiger partial charge in [0.1, 0.15) is 23.9 Å². The molecule has 0 saturated heterocycles. The summed E-state index contributed by atoms with van der Waals surface area (Å²) in [5.74, 6) is 2.23. The highest BCUT2D eigenvalue weighted by Gasteiger charge is 2.08. The molecule has 4 rings (SSSR count). The summed E-state index contributed by atoms with van der Waals surface area (Å²) in [5.41, 5.74) is 3.03. The Labute approximate surface area is 197 Å². The van der Waals surface area contributed by atoms with Gasteiger partial charge in [-0.1, -0.05) is 30.3 Å². The number of aromatic nitrogens is 1. The topological polar surface area (TPSA) is 49.7 Å². The zero-order valence-corrected chi connectivity index (χ0v) is 19.6. The van der Waals surface area contributed by atoms with Crippen LogP contribution in [0.2, 0.25) is 0 Å². The fourth-order valence-corrected chi connectivity index (χ4v) is 4.18. The van der Waals surface area contributed by atoms with Crippen LogP contribution in [-0.4, -0.2) is 18.3 Å². The van der Waals surface area contributed by atoms with Gasteiger partial charge in [-0.15, -0.1) is 11.3 Å². The lowest BCUT2D eigenvalue weighted by molar-refractivity contribution is 0.303. The molecule has 2 heterocycles. The van der Waals surface area contributed by atoms with Crippen LogP contribution in [0, 0.1) is 6.92 Å². The van der Waals surface area contributed by atoms with Gasteiger partial charge >= 0.3 is 0 Å². The molecule has 0 fully saturated rings. The molecule has 0 N–H and O–H groups in total. The van der Waals surface area contributed by atoms with Gasteiger partial charge in [-0.25, -0.2) is 0 Å². The highest BCUT2D eigenvalue weighted by molar-refractivity contribution is 7.09. The van der Waals surface area contributed by atoms with Gasteiger partial charge in [0, 0.05) is 23.6 Å². The van der Waals surface area contributed by atoms with Crippen molar-refractivity contribution in [2.75, 3.05) is 13.7 Å². The third kappa shape index (κ3) is 6.05. The van der Waals surface area contributed by atoms with E-state index in [4.69, 9.17) is 14.2 Å². The normalized spacial score (nSPS) is 10.7. The van der Waals surface area contributed by atoms with Crippen molar-refractivity contribution in [2.24, 2.45) is 0 Å². The summed E-state index contributed by atoms with van der Waals surface area (Å²) >= 11 is 1.71. The molecule has 0 unspecified atom stereocenters. The molecule has 2 aromatic carbocycles. The summed E-state index contributed by atoms with van der Waals surface area (Å²) in [6, 6.07) is 21.3. The maximum absolute atomic E-state index is 12.6. The molecule has 0 amide bonds. The van der Waals surface area contributed by atoms with Gasteiger partial charge in [-0.3, -0.25) is 4.79 Å². The summed E-state index contributed by atoms with van der Waals surface area (Å²) < 4.78 is 18.7. The van der Waals surface area contributed by atoms with Crippen molar-refractivity contribution in [3.8, 4) is 17.2 Å². The van der Waals surface area contributed by atoms with E-state index in [0.29, 0.717) is 25.5 Å². The molecule has 0 aliphatic heterocycles. The number of thiophene rings is 1. The lowest BCUT2D eigenvalue weighted by atomic mass is 10.1. The van der Waals surface area contributed by atoms with Gasteiger partial charge in [0.15, 0.2) is 0 Å². The number of pyridine rings is 1. The number of methoxy groups -OCH3 is 1. The van der Waals surface area contributed by atoms with Crippen molar-refractivity contribution in [3.05, 3.63) is 110 Å². The maximum atomic E-state index is 12.6. The fraction of sp³-hybridized carbons (Fsp3) is 0.222. The molecule has 33 heavy (non-hydrogen) atoms. The van der Waals surface area contributed by atoms with E-state index in [-0.39, 0.29) is 5.56 Å². The Bertz CT molecular complexity index is 1230. The molecule has 5 nitrogen and oxygen atoms in total. The van der Waals surface area contributed by atoms with Crippen molar-refractivity contribution in [2.45, 2.75) is 26.5 Å². The van der Waals surface area contributed by atoms with E-state index >= 15 is 0 Å². The molecule has 0 bridgehead atoms. The van der Waals surface area contributed by atoms with Crippen LogP contribution in [0.25, 0.3) is 0 Å². The van der Waals surface area contributed by atoms with E-state index in [0.717, 1.165) is 34.6 Å². The highest BCUT2D eigenvalue weighted by Crippen LogP contribution is 2.24. The minimum Gasteiger partial charge on any atom is -0.497 e. The molecule has 0 radical (unpaired) electrons. The van der Waals surface area contributed by atoms with Crippen LogP contribution in [0.15, 0.2) is 83.1 Å². The van der Waals surface area contributed by atoms with Gasteiger partial charge in [0.25, 0.3) is 5.56 Å². The molecule has 0 aliphatic carbocycles. The minimum absolute atomic E-state index is 0.0902. The number of hydrogen-bond acceptors (Lipinski definition) is 5. The van der Waals surface area contributed by atoms with Crippen molar-refractivity contribution in [1.29, 1.82) is 0 Å². The Morgan fingerprint density at radius 1 is 0.939 bits per heavy atom. The molecule has 6 heteroatoms. The third-order valence-corrected chi connectivity index (χ3v) is 6.39. The first kappa shape index (κ1) is 22.7. The molecule has 0 aliphatic rings. The minimum atomic E-state index is -0.0902. The van der Waals surface area contributed by atoms with Crippen LogP contribution in [0.4, 0.5) is 0 Å². The van der Waals surface area contributed by atoms with Gasteiger partial charge in [-0.05, 0) is 59.3 Å². The summed E-state index contributed by atoms with van der Waals surface area (Å²) in [6.45, 7) is 3.51.